The molecule has 0 saturated carbocycles. The minimum Gasteiger partial charge on any atom is -0.396 e. The summed E-state index contributed by atoms with van der Waals surface area (Å²) in [6.07, 6.45) is 12.4. The zero-order valence-electron chi connectivity index (χ0n) is 27.0. The third-order valence-electron chi connectivity index (χ3n) is 8.01. The van der Waals surface area contributed by atoms with Gasteiger partial charge in [-0.15, -0.1) is 0 Å². The van der Waals surface area contributed by atoms with E-state index in [1.54, 1.807) is 0 Å². The number of hydrogen-bond donors (Lipinski definition) is 1. The van der Waals surface area contributed by atoms with E-state index < -0.39 is 11.6 Å². The Labute approximate surface area is 235 Å². The molecule has 2 unspecified atom stereocenters. The van der Waals surface area contributed by atoms with Crippen molar-refractivity contribution in [3.05, 3.63) is 24.3 Å². The Morgan fingerprint density at radius 2 is 0.974 bits per heavy atom. The molecule has 8 atom stereocenters. The van der Waals surface area contributed by atoms with E-state index in [1.165, 1.54) is 0 Å². The van der Waals surface area contributed by atoms with Gasteiger partial charge in [0.15, 0.2) is 11.6 Å². The highest BCUT2D eigenvalue weighted by Crippen LogP contribution is 2.36. The van der Waals surface area contributed by atoms with Gasteiger partial charge >= 0.3 is 0 Å². The van der Waals surface area contributed by atoms with E-state index in [0.717, 1.165) is 12.8 Å². The lowest BCUT2D eigenvalue weighted by atomic mass is 9.92. The smallest absolute Gasteiger partial charge is 0.163 e. The van der Waals surface area contributed by atoms with Crippen LogP contribution in [0, 0.1) is 35.5 Å². The summed E-state index contributed by atoms with van der Waals surface area (Å²) in [4.78, 5) is 0. The molecule has 2 fully saturated rings. The summed E-state index contributed by atoms with van der Waals surface area (Å²) in [7, 11) is 0. The van der Waals surface area contributed by atoms with Crippen molar-refractivity contribution in [3.63, 3.8) is 0 Å². The molecule has 0 aromatic carbocycles. The third-order valence-corrected chi connectivity index (χ3v) is 8.01. The second-order valence-corrected chi connectivity index (χ2v) is 13.3. The van der Waals surface area contributed by atoms with Crippen LogP contribution in [0.1, 0.15) is 109 Å². The minimum absolute atomic E-state index is 0.0194. The van der Waals surface area contributed by atoms with Gasteiger partial charge in [0, 0.05) is 18.4 Å². The summed E-state index contributed by atoms with van der Waals surface area (Å²) in [5.74, 6) is 2.23. The predicted octanol–water partition coefficient (Wildman–Crippen LogP) is 8.16. The lowest BCUT2D eigenvalue weighted by Crippen LogP contribution is -2.29. The van der Waals surface area contributed by atoms with Crippen molar-refractivity contribution in [2.45, 2.75) is 145 Å². The first-order chi connectivity index (χ1) is 17.5. The van der Waals surface area contributed by atoms with Crippen molar-refractivity contribution in [2.75, 3.05) is 6.61 Å². The number of allylic oxidation sites excluding steroid dienone is 2. The first kappa shape index (κ1) is 35.3. The molecule has 38 heavy (non-hydrogen) atoms. The Hall–Kier alpha value is -0.720. The summed E-state index contributed by atoms with van der Waals surface area (Å²) < 4.78 is 24.0. The van der Waals surface area contributed by atoms with Crippen LogP contribution in [0.3, 0.4) is 0 Å². The van der Waals surface area contributed by atoms with Crippen LogP contribution in [-0.4, -0.2) is 47.7 Å². The Bertz CT molecular complexity index is 650. The Balaban J connectivity index is 0.000000380. The predicted molar refractivity (Wildman–Crippen MR) is 159 cm³/mol. The summed E-state index contributed by atoms with van der Waals surface area (Å²) >= 11 is 0. The Kier molecular flexibility index (Phi) is 14.8. The second kappa shape index (κ2) is 15.9. The molecule has 0 bridgehead atoms. The van der Waals surface area contributed by atoms with Crippen LogP contribution in [0.15, 0.2) is 24.3 Å². The Morgan fingerprint density at radius 1 is 0.605 bits per heavy atom. The molecule has 5 heteroatoms. The fourth-order valence-electron chi connectivity index (χ4n) is 4.84. The topological polar surface area (TPSA) is 57.2 Å². The van der Waals surface area contributed by atoms with E-state index >= 15 is 0 Å². The highest BCUT2D eigenvalue weighted by atomic mass is 16.8. The first-order valence-electron chi connectivity index (χ1n) is 15.2. The van der Waals surface area contributed by atoms with Gasteiger partial charge in [0.05, 0.1) is 24.4 Å². The highest BCUT2D eigenvalue weighted by molar-refractivity contribution is 4.99. The summed E-state index contributed by atoms with van der Waals surface area (Å²) in [6.45, 7) is 28.1. The maximum atomic E-state index is 9.13. The van der Waals surface area contributed by atoms with Gasteiger partial charge in [-0.25, -0.2) is 0 Å². The molecule has 0 radical (unpaired) electrons. The molecule has 1 N–H and O–H groups in total. The first-order valence-corrected chi connectivity index (χ1v) is 15.2. The van der Waals surface area contributed by atoms with Crippen LogP contribution < -0.4 is 0 Å². The molecule has 0 aromatic rings. The number of ether oxygens (including phenoxy) is 4. The van der Waals surface area contributed by atoms with Crippen molar-refractivity contribution in [1.29, 1.82) is 0 Å². The molecular weight excluding hydrogens is 476 g/mol. The average Bonchev–Trinajstić information content (AvgIpc) is 3.30. The van der Waals surface area contributed by atoms with Crippen molar-refractivity contribution in [3.8, 4) is 0 Å². The van der Waals surface area contributed by atoms with E-state index in [-0.39, 0.29) is 31.0 Å². The number of rotatable bonds is 12. The van der Waals surface area contributed by atoms with Crippen molar-refractivity contribution in [2.24, 2.45) is 35.5 Å². The zero-order chi connectivity index (χ0) is 29.3. The normalized spacial score (nSPS) is 30.1. The fraction of sp³-hybridized carbons (Fsp3) is 0.879. The third kappa shape index (κ3) is 11.8. The molecule has 2 aliphatic heterocycles. The van der Waals surface area contributed by atoms with Crippen molar-refractivity contribution >= 4 is 0 Å². The molecule has 224 valence electrons. The lowest BCUT2D eigenvalue weighted by Gasteiger charge is -2.21. The zero-order valence-corrected chi connectivity index (χ0v) is 27.0. The van der Waals surface area contributed by atoms with E-state index in [2.05, 4.69) is 86.6 Å². The van der Waals surface area contributed by atoms with Gasteiger partial charge in [-0.3, -0.25) is 0 Å². The molecule has 2 rings (SSSR count). The van der Waals surface area contributed by atoms with E-state index in [0.29, 0.717) is 41.9 Å². The largest absolute Gasteiger partial charge is 0.396 e. The monoisotopic (exact) mass is 538 g/mol. The molecule has 0 amide bonds. The summed E-state index contributed by atoms with van der Waals surface area (Å²) in [5.41, 5.74) is 0. The molecular formula is C33H62O5. The molecule has 2 heterocycles. The minimum atomic E-state index is -0.545. The van der Waals surface area contributed by atoms with E-state index in [9.17, 15) is 0 Å². The quantitative estimate of drug-likeness (QED) is 0.254. The van der Waals surface area contributed by atoms with Crippen LogP contribution >= 0.6 is 0 Å². The molecule has 0 aliphatic carbocycles. The van der Waals surface area contributed by atoms with Crippen molar-refractivity contribution in [1.82, 2.24) is 0 Å². The van der Waals surface area contributed by atoms with Crippen molar-refractivity contribution < 1.29 is 24.1 Å². The van der Waals surface area contributed by atoms with Crippen LogP contribution in [0.4, 0.5) is 0 Å². The molecule has 2 aliphatic rings. The molecule has 5 nitrogen and oxygen atoms in total. The van der Waals surface area contributed by atoms with Gasteiger partial charge < -0.3 is 24.1 Å². The fourth-order valence-corrected chi connectivity index (χ4v) is 4.84. The van der Waals surface area contributed by atoms with Crippen LogP contribution in [0.2, 0.25) is 0 Å². The number of hydrogen-bond acceptors (Lipinski definition) is 5. The maximum absolute atomic E-state index is 9.13. The van der Waals surface area contributed by atoms with Crippen LogP contribution in [0.25, 0.3) is 0 Å². The SMILES string of the molecule is CC(C)[C@H](C)/C=C\C(C)[C@H]1OC(C)(C)O[C@H]1CCO.CCC[C@@H]1OC(C)(C)O[C@@H]1C(C)/C=C\[C@@H](C)C(C)C. The Morgan fingerprint density at radius 3 is 1.29 bits per heavy atom. The van der Waals surface area contributed by atoms with E-state index in [1.807, 2.05) is 27.7 Å². The average molecular weight is 539 g/mol. The second-order valence-electron chi connectivity index (χ2n) is 13.3. The van der Waals surface area contributed by atoms with Gasteiger partial charge in [-0.05, 0) is 64.2 Å². The number of aliphatic hydroxyl groups excluding tert-OH is 1. The van der Waals surface area contributed by atoms with Gasteiger partial charge in [-0.2, -0.15) is 0 Å². The molecule has 2 saturated heterocycles. The highest BCUT2D eigenvalue weighted by Gasteiger charge is 2.43. The van der Waals surface area contributed by atoms with Crippen LogP contribution in [0.5, 0.6) is 0 Å². The molecule has 0 aromatic heterocycles. The van der Waals surface area contributed by atoms with Gasteiger partial charge in [0.1, 0.15) is 0 Å². The number of aliphatic hydroxyl groups is 1. The summed E-state index contributed by atoms with van der Waals surface area (Å²) in [5, 5.41) is 9.13. The van der Waals surface area contributed by atoms with Gasteiger partial charge in [0.25, 0.3) is 0 Å². The molecule has 0 spiro atoms. The standard InChI is InChI=1S/C17H32O2.C16H30O3/c1-8-9-15-16(19-17(6,7)18-15)14(5)11-10-13(4)12(2)3;1-11(2)12(3)7-8-13(4)15-14(9-10-17)18-16(5,6)19-15/h10-16H,8-9H2,1-7H3;7-8,11-15,17H,9-10H2,1-6H3/b11-10-;8-7-/t13-,14?,15+,16-;12-,13?,14+,15-/m11/s1. The lowest BCUT2D eigenvalue weighted by molar-refractivity contribution is -0.149. The summed E-state index contributed by atoms with van der Waals surface area (Å²) in [6, 6.07) is 0. The maximum Gasteiger partial charge on any atom is 0.163 e. The van der Waals surface area contributed by atoms with E-state index in [4.69, 9.17) is 24.1 Å². The van der Waals surface area contributed by atoms with Gasteiger partial charge in [0.2, 0.25) is 0 Å². The van der Waals surface area contributed by atoms with Gasteiger partial charge in [-0.1, -0.05) is 93.0 Å². The van der Waals surface area contributed by atoms with Crippen LogP contribution in [-0.2, 0) is 18.9 Å².